The molecule has 0 bridgehead atoms. The highest BCUT2D eigenvalue weighted by molar-refractivity contribution is 7.47. The lowest BCUT2D eigenvalue weighted by atomic mass is 10.1. The van der Waals surface area contributed by atoms with Gasteiger partial charge in [-0.05, 0) is 26.2 Å². The van der Waals surface area contributed by atoms with Crippen LogP contribution in [-0.4, -0.2) is 75.4 Å². The molecular formula is C24H35N6O9P. The summed E-state index contributed by atoms with van der Waals surface area (Å²) >= 11 is 0. The van der Waals surface area contributed by atoms with Gasteiger partial charge in [-0.2, -0.15) is 0 Å². The van der Waals surface area contributed by atoms with Crippen molar-refractivity contribution in [3.63, 3.8) is 0 Å². The molecule has 3 N–H and O–H groups in total. The molecule has 1 aliphatic heterocycles. The zero-order valence-electron chi connectivity index (χ0n) is 22.9. The summed E-state index contributed by atoms with van der Waals surface area (Å²) in [7, 11) is -0.247. The van der Waals surface area contributed by atoms with E-state index < -0.39 is 37.5 Å². The second-order valence-electron chi connectivity index (χ2n) is 9.25. The summed E-state index contributed by atoms with van der Waals surface area (Å²) in [5.41, 5.74) is -0.453. The number of phosphoric ester groups is 1. The minimum absolute atomic E-state index is 0.0377. The number of carbonyl (C=O) groups is 1. The molecule has 0 radical (unpaired) electrons. The molecule has 2 aromatic heterocycles. The monoisotopic (exact) mass is 582 g/mol. The number of methoxy groups -OCH3 is 1. The van der Waals surface area contributed by atoms with Gasteiger partial charge in [0.05, 0.1) is 18.3 Å². The molecule has 16 heteroatoms. The molecule has 0 aromatic carbocycles. The Morgan fingerprint density at radius 2 is 2.12 bits per heavy atom. The third-order valence-corrected chi connectivity index (χ3v) is 7.26. The number of hydrogen-bond acceptors (Lipinski definition) is 10. The fourth-order valence-electron chi connectivity index (χ4n) is 4.08. The van der Waals surface area contributed by atoms with Crippen LogP contribution in [0.4, 0.5) is 0 Å². The van der Waals surface area contributed by atoms with Gasteiger partial charge < -0.3 is 19.7 Å². The molecule has 1 saturated heterocycles. The Kier molecular flexibility index (Phi) is 11.4. The van der Waals surface area contributed by atoms with Crippen molar-refractivity contribution in [1.29, 1.82) is 0 Å². The average Bonchev–Trinajstić information content (AvgIpc) is 3.54. The number of nitrogens with zero attached hydrogens (tertiary/aromatic N) is 4. The van der Waals surface area contributed by atoms with Crippen LogP contribution in [0.25, 0.3) is 0 Å². The van der Waals surface area contributed by atoms with Crippen molar-refractivity contribution in [2.45, 2.75) is 69.9 Å². The van der Waals surface area contributed by atoms with E-state index in [0.717, 1.165) is 25.6 Å². The third kappa shape index (κ3) is 8.69. The Balaban J connectivity index is 1.58. The van der Waals surface area contributed by atoms with Crippen LogP contribution in [-0.2, 0) is 34.3 Å². The summed E-state index contributed by atoms with van der Waals surface area (Å²) < 4.78 is 35.3. The lowest BCUT2D eigenvalue weighted by molar-refractivity contribution is -0.121. The second kappa shape index (κ2) is 14.5. The first-order valence-electron chi connectivity index (χ1n) is 12.7. The van der Waals surface area contributed by atoms with Crippen LogP contribution in [0, 0.1) is 11.8 Å². The SMILES string of the molecule is CNC(=O)C[C@@H](C)n1cc(CCCCC#Cc2cn([C@H]3C[C@@H](OP(=O)(O)OC)[C@@H](COC)O3)c(=O)[nH]c2=O)nn1. The van der Waals surface area contributed by atoms with Gasteiger partial charge in [-0.1, -0.05) is 17.1 Å². The van der Waals surface area contributed by atoms with E-state index in [4.69, 9.17) is 14.0 Å². The van der Waals surface area contributed by atoms with Crippen LogP contribution in [0.5, 0.6) is 0 Å². The Morgan fingerprint density at radius 1 is 1.35 bits per heavy atom. The van der Waals surface area contributed by atoms with Crippen molar-refractivity contribution in [2.24, 2.45) is 0 Å². The quantitative estimate of drug-likeness (QED) is 0.171. The molecule has 1 unspecified atom stereocenters. The lowest BCUT2D eigenvalue weighted by Gasteiger charge is -2.19. The largest absolute Gasteiger partial charge is 0.472 e. The maximum absolute atomic E-state index is 12.5. The topological polar surface area (TPSA) is 189 Å². The number of rotatable bonds is 13. The molecule has 1 fully saturated rings. The van der Waals surface area contributed by atoms with E-state index in [1.165, 1.54) is 17.9 Å². The molecular weight excluding hydrogens is 547 g/mol. The smallest absolute Gasteiger partial charge is 0.382 e. The number of amides is 1. The molecule has 40 heavy (non-hydrogen) atoms. The van der Waals surface area contributed by atoms with Gasteiger partial charge in [0.15, 0.2) is 0 Å². The number of carbonyl (C=O) groups excluding carboxylic acids is 1. The van der Waals surface area contributed by atoms with Crippen molar-refractivity contribution < 1.29 is 32.8 Å². The lowest BCUT2D eigenvalue weighted by Crippen LogP contribution is -2.33. The van der Waals surface area contributed by atoms with Gasteiger partial charge >= 0.3 is 13.5 Å². The molecule has 5 atom stereocenters. The number of aromatic nitrogens is 5. The summed E-state index contributed by atoms with van der Waals surface area (Å²) in [6, 6.07) is -0.103. The number of phosphoric acid groups is 1. The molecule has 15 nitrogen and oxygen atoms in total. The Hall–Kier alpha value is -3.12. The molecule has 1 amide bonds. The van der Waals surface area contributed by atoms with Crippen LogP contribution >= 0.6 is 7.82 Å². The Bertz CT molecular complexity index is 1380. The summed E-state index contributed by atoms with van der Waals surface area (Å²) in [5, 5.41) is 10.8. The normalized spacial score (nSPS) is 20.9. The van der Waals surface area contributed by atoms with E-state index >= 15 is 0 Å². The first kappa shape index (κ1) is 31.4. The Morgan fingerprint density at radius 3 is 2.83 bits per heavy atom. The minimum Gasteiger partial charge on any atom is -0.382 e. The summed E-state index contributed by atoms with van der Waals surface area (Å²) in [5.74, 6) is 5.68. The van der Waals surface area contributed by atoms with Crippen molar-refractivity contribution in [3.05, 3.63) is 44.5 Å². The number of aromatic amines is 1. The predicted molar refractivity (Wildman–Crippen MR) is 141 cm³/mol. The number of H-pyrrole nitrogens is 1. The van der Waals surface area contributed by atoms with E-state index in [1.807, 2.05) is 13.1 Å². The van der Waals surface area contributed by atoms with Crippen LogP contribution < -0.4 is 16.6 Å². The second-order valence-corrected chi connectivity index (χ2v) is 10.8. The van der Waals surface area contributed by atoms with E-state index in [1.54, 1.807) is 11.7 Å². The van der Waals surface area contributed by atoms with Crippen molar-refractivity contribution in [1.82, 2.24) is 29.9 Å². The van der Waals surface area contributed by atoms with Crippen LogP contribution in [0.1, 0.15) is 62.6 Å². The van der Waals surface area contributed by atoms with Gasteiger partial charge in [0.25, 0.3) is 5.56 Å². The number of hydrogen-bond donors (Lipinski definition) is 3. The standard InChI is InChI=1S/C24H35N6O9P/c1-16(11-21(31)25-2)30-14-18(27-28-30)10-8-6-5-7-9-17-13-29(24(33)26-23(17)32)22-12-19(20(38-22)15-36-3)39-40(34,35)37-4/h13-14,16,19-20,22H,5-6,8,10-12,15H2,1-4H3,(H,25,31)(H,34,35)(H,26,32,33)/t16-,19-,20-,22-/m1/s1. The van der Waals surface area contributed by atoms with Crippen LogP contribution in [0.2, 0.25) is 0 Å². The molecule has 220 valence electrons. The summed E-state index contributed by atoms with van der Waals surface area (Å²) in [6.07, 6.45) is 3.69. The average molecular weight is 583 g/mol. The van der Waals surface area contributed by atoms with Crippen molar-refractivity contribution in [3.8, 4) is 11.8 Å². The summed E-state index contributed by atoms with van der Waals surface area (Å²) in [4.78, 5) is 48.3. The highest BCUT2D eigenvalue weighted by Gasteiger charge is 2.41. The highest BCUT2D eigenvalue weighted by Crippen LogP contribution is 2.47. The van der Waals surface area contributed by atoms with Gasteiger partial charge in [0, 0.05) is 52.9 Å². The van der Waals surface area contributed by atoms with E-state index in [0.29, 0.717) is 19.3 Å². The van der Waals surface area contributed by atoms with E-state index in [-0.39, 0.29) is 30.5 Å². The zero-order valence-corrected chi connectivity index (χ0v) is 23.8. The number of ether oxygens (including phenoxy) is 2. The predicted octanol–water partition coefficient (Wildman–Crippen LogP) is 0.656. The number of unbranched alkanes of at least 4 members (excludes halogenated alkanes) is 2. The van der Waals surface area contributed by atoms with Crippen LogP contribution in [0.3, 0.4) is 0 Å². The van der Waals surface area contributed by atoms with E-state index in [9.17, 15) is 23.8 Å². The Labute approximate surface area is 230 Å². The fraction of sp³-hybridized carbons (Fsp3) is 0.625. The molecule has 0 saturated carbocycles. The molecule has 3 rings (SSSR count). The molecule has 3 heterocycles. The van der Waals surface area contributed by atoms with Gasteiger partial charge in [0.1, 0.15) is 24.0 Å². The molecule has 2 aromatic rings. The van der Waals surface area contributed by atoms with Gasteiger partial charge in [-0.3, -0.25) is 28.2 Å². The van der Waals surface area contributed by atoms with Crippen molar-refractivity contribution >= 4 is 13.7 Å². The first-order valence-corrected chi connectivity index (χ1v) is 14.2. The molecule has 0 spiro atoms. The van der Waals surface area contributed by atoms with Gasteiger partial charge in [0.2, 0.25) is 5.91 Å². The maximum atomic E-state index is 12.5. The van der Waals surface area contributed by atoms with Gasteiger partial charge in [-0.25, -0.2) is 14.0 Å². The number of nitrogens with one attached hydrogen (secondary N) is 2. The van der Waals surface area contributed by atoms with Crippen LogP contribution in [0.15, 0.2) is 22.0 Å². The van der Waals surface area contributed by atoms with Crippen molar-refractivity contribution in [2.75, 3.05) is 27.9 Å². The highest BCUT2D eigenvalue weighted by atomic mass is 31.2. The first-order chi connectivity index (χ1) is 19.1. The fourth-order valence-corrected chi connectivity index (χ4v) is 4.73. The minimum atomic E-state index is -4.31. The maximum Gasteiger partial charge on any atom is 0.472 e. The third-order valence-electron chi connectivity index (χ3n) is 6.27. The summed E-state index contributed by atoms with van der Waals surface area (Å²) in [6.45, 7) is 1.94. The molecule has 0 aliphatic carbocycles. The zero-order chi connectivity index (χ0) is 29.3. The number of aryl methyl sites for hydroxylation is 1. The van der Waals surface area contributed by atoms with E-state index in [2.05, 4.69) is 37.0 Å². The molecule has 1 aliphatic rings. The van der Waals surface area contributed by atoms with Gasteiger partial charge in [-0.15, -0.1) is 5.10 Å².